The fraction of sp³-hybridized carbons (Fsp3) is 0.0588. The topological polar surface area (TPSA) is 56.5 Å². The van der Waals surface area contributed by atoms with E-state index in [1.807, 2.05) is 6.07 Å². The molecule has 0 aliphatic heterocycles. The third-order valence-corrected chi connectivity index (χ3v) is 4.59. The van der Waals surface area contributed by atoms with E-state index in [1.54, 1.807) is 60.7 Å². The predicted octanol–water partition coefficient (Wildman–Crippen LogP) is 3.76. The summed E-state index contributed by atoms with van der Waals surface area (Å²) in [7, 11) is -3.60. The highest BCUT2D eigenvalue weighted by Crippen LogP contribution is 2.28. The van der Waals surface area contributed by atoms with Crippen LogP contribution in [0.4, 0.5) is 0 Å². The number of furan rings is 1. The Kier molecular flexibility index (Phi) is 3.98. The van der Waals surface area contributed by atoms with E-state index in [2.05, 4.69) is 0 Å². The highest BCUT2D eigenvalue weighted by Gasteiger charge is 2.21. The summed E-state index contributed by atoms with van der Waals surface area (Å²) < 4.78 is 35.8. The van der Waals surface area contributed by atoms with E-state index >= 15 is 0 Å². The molecule has 0 atom stereocenters. The van der Waals surface area contributed by atoms with Gasteiger partial charge in [-0.15, -0.1) is 0 Å². The minimum Gasteiger partial charge on any atom is -0.477 e. The Hall–Kier alpha value is -2.53. The van der Waals surface area contributed by atoms with Crippen LogP contribution in [0.1, 0.15) is 0 Å². The van der Waals surface area contributed by atoms with Gasteiger partial charge in [0, 0.05) is 5.56 Å². The van der Waals surface area contributed by atoms with Crippen LogP contribution < -0.4 is 4.74 Å². The molecule has 0 bridgehead atoms. The van der Waals surface area contributed by atoms with Crippen molar-refractivity contribution < 1.29 is 17.6 Å². The molecule has 0 aliphatic carbocycles. The molecule has 5 heteroatoms. The summed E-state index contributed by atoms with van der Waals surface area (Å²) in [5.41, 5.74) is 0.532. The highest BCUT2D eigenvalue weighted by atomic mass is 32.2. The molecule has 1 heterocycles. The second kappa shape index (κ2) is 6.07. The molecule has 0 saturated heterocycles. The van der Waals surface area contributed by atoms with Gasteiger partial charge in [0.2, 0.25) is 9.84 Å². The summed E-state index contributed by atoms with van der Waals surface area (Å²) in [6, 6.07) is 19.0. The van der Waals surface area contributed by atoms with E-state index in [9.17, 15) is 8.42 Å². The summed E-state index contributed by atoms with van der Waals surface area (Å²) in [5.74, 6) is 0.606. The fourth-order valence-corrected chi connectivity index (χ4v) is 3.31. The van der Waals surface area contributed by atoms with Gasteiger partial charge in [0.25, 0.3) is 0 Å². The molecule has 0 unspecified atom stereocenters. The predicted molar refractivity (Wildman–Crippen MR) is 83.3 cm³/mol. The van der Waals surface area contributed by atoms with Gasteiger partial charge in [-0.1, -0.05) is 30.3 Å². The van der Waals surface area contributed by atoms with Gasteiger partial charge in [0.15, 0.2) is 5.94 Å². The zero-order valence-corrected chi connectivity index (χ0v) is 12.5. The number of benzene rings is 2. The number of rotatable bonds is 5. The quantitative estimate of drug-likeness (QED) is 0.719. The standard InChI is InChI=1S/C17H14O4S/c18-22(19,13-21-14-7-2-1-3-8-14)17-11-5-4-9-15(17)16-10-6-12-20-16/h1-12H,13H2. The maximum atomic E-state index is 12.6. The van der Waals surface area contributed by atoms with Crippen molar-refractivity contribution >= 4 is 9.84 Å². The van der Waals surface area contributed by atoms with Crippen molar-refractivity contribution in [3.63, 3.8) is 0 Å². The number of hydrogen-bond acceptors (Lipinski definition) is 4. The second-order valence-corrected chi connectivity index (χ2v) is 6.57. The second-order valence-electron chi connectivity index (χ2n) is 4.66. The van der Waals surface area contributed by atoms with Crippen molar-refractivity contribution in [1.82, 2.24) is 0 Å². The molecule has 0 amide bonds. The molecule has 0 fully saturated rings. The van der Waals surface area contributed by atoms with E-state index < -0.39 is 15.8 Å². The third-order valence-electron chi connectivity index (χ3n) is 3.13. The van der Waals surface area contributed by atoms with Gasteiger partial charge < -0.3 is 9.15 Å². The normalized spacial score (nSPS) is 11.3. The molecular weight excluding hydrogens is 300 g/mol. The molecule has 2 aromatic carbocycles. The average Bonchev–Trinajstić information content (AvgIpc) is 3.08. The SMILES string of the molecule is O=S(=O)(COc1ccccc1)c1ccccc1-c1ccco1. The lowest BCUT2D eigenvalue weighted by atomic mass is 10.2. The molecule has 0 aliphatic rings. The van der Waals surface area contributed by atoms with Gasteiger partial charge >= 0.3 is 0 Å². The molecule has 0 radical (unpaired) electrons. The van der Waals surface area contributed by atoms with Gasteiger partial charge in [0.05, 0.1) is 11.2 Å². The van der Waals surface area contributed by atoms with Crippen LogP contribution in [-0.2, 0) is 9.84 Å². The number of para-hydroxylation sites is 1. The molecule has 1 aromatic heterocycles. The number of hydrogen-bond donors (Lipinski definition) is 0. The molecule has 0 N–H and O–H groups in total. The van der Waals surface area contributed by atoms with Gasteiger partial charge in [-0.3, -0.25) is 0 Å². The molecular formula is C17H14O4S. The van der Waals surface area contributed by atoms with Crippen molar-refractivity contribution in [3.05, 3.63) is 73.0 Å². The first-order valence-electron chi connectivity index (χ1n) is 6.70. The van der Waals surface area contributed by atoms with Crippen LogP contribution in [0.15, 0.2) is 82.3 Å². The minimum absolute atomic E-state index is 0.195. The van der Waals surface area contributed by atoms with Crippen LogP contribution in [0.3, 0.4) is 0 Å². The van der Waals surface area contributed by atoms with Crippen LogP contribution >= 0.6 is 0 Å². The average molecular weight is 314 g/mol. The van der Waals surface area contributed by atoms with Crippen molar-refractivity contribution in [3.8, 4) is 17.1 Å². The number of sulfone groups is 1. The Bertz CT molecular complexity index is 837. The molecule has 3 aromatic rings. The van der Waals surface area contributed by atoms with Crippen molar-refractivity contribution in [2.24, 2.45) is 0 Å². The Morgan fingerprint density at radius 1 is 0.864 bits per heavy atom. The lowest BCUT2D eigenvalue weighted by Crippen LogP contribution is -2.13. The van der Waals surface area contributed by atoms with Gasteiger partial charge in [0.1, 0.15) is 11.5 Å². The summed E-state index contributed by atoms with van der Waals surface area (Å²) in [6.45, 7) is 0. The maximum absolute atomic E-state index is 12.6. The Morgan fingerprint density at radius 2 is 1.59 bits per heavy atom. The van der Waals surface area contributed by atoms with E-state index in [1.165, 1.54) is 6.26 Å². The lowest BCUT2D eigenvalue weighted by molar-refractivity contribution is 0.376. The molecule has 22 heavy (non-hydrogen) atoms. The van der Waals surface area contributed by atoms with Crippen LogP contribution in [0, 0.1) is 0 Å². The minimum atomic E-state index is -3.60. The van der Waals surface area contributed by atoms with Gasteiger partial charge in [-0.2, -0.15) is 0 Å². The van der Waals surface area contributed by atoms with Gasteiger partial charge in [-0.05, 0) is 36.4 Å². The number of ether oxygens (including phenoxy) is 1. The van der Waals surface area contributed by atoms with E-state index in [0.29, 0.717) is 17.1 Å². The van der Waals surface area contributed by atoms with Crippen LogP contribution in [0.5, 0.6) is 5.75 Å². The van der Waals surface area contributed by atoms with Crippen molar-refractivity contribution in [1.29, 1.82) is 0 Å². The summed E-state index contributed by atoms with van der Waals surface area (Å²) in [4.78, 5) is 0.195. The van der Waals surface area contributed by atoms with Gasteiger partial charge in [-0.25, -0.2) is 8.42 Å². The smallest absolute Gasteiger partial charge is 0.214 e. The highest BCUT2D eigenvalue weighted by molar-refractivity contribution is 7.91. The summed E-state index contributed by atoms with van der Waals surface area (Å²) in [6.07, 6.45) is 1.51. The summed E-state index contributed by atoms with van der Waals surface area (Å²) in [5, 5.41) is 0. The lowest BCUT2D eigenvalue weighted by Gasteiger charge is -2.10. The fourth-order valence-electron chi connectivity index (χ4n) is 2.10. The Labute approximate surface area is 128 Å². The first kappa shape index (κ1) is 14.4. The summed E-state index contributed by atoms with van der Waals surface area (Å²) >= 11 is 0. The van der Waals surface area contributed by atoms with E-state index in [-0.39, 0.29) is 4.90 Å². The monoisotopic (exact) mass is 314 g/mol. The first-order chi connectivity index (χ1) is 10.7. The van der Waals surface area contributed by atoms with Crippen molar-refractivity contribution in [2.75, 3.05) is 5.94 Å². The molecule has 112 valence electrons. The molecule has 4 nitrogen and oxygen atoms in total. The van der Waals surface area contributed by atoms with E-state index in [4.69, 9.17) is 9.15 Å². The zero-order chi connectivity index (χ0) is 15.4. The van der Waals surface area contributed by atoms with Crippen LogP contribution in [0.25, 0.3) is 11.3 Å². The van der Waals surface area contributed by atoms with Crippen LogP contribution in [0.2, 0.25) is 0 Å². The first-order valence-corrected chi connectivity index (χ1v) is 8.35. The largest absolute Gasteiger partial charge is 0.477 e. The van der Waals surface area contributed by atoms with E-state index in [0.717, 1.165) is 0 Å². The van der Waals surface area contributed by atoms with Crippen LogP contribution in [-0.4, -0.2) is 14.4 Å². The Balaban J connectivity index is 1.90. The molecule has 3 rings (SSSR count). The van der Waals surface area contributed by atoms with Crippen molar-refractivity contribution in [2.45, 2.75) is 4.90 Å². The molecule has 0 spiro atoms. The Morgan fingerprint density at radius 3 is 2.32 bits per heavy atom. The maximum Gasteiger partial charge on any atom is 0.214 e. The molecule has 0 saturated carbocycles. The zero-order valence-electron chi connectivity index (χ0n) is 11.7. The third kappa shape index (κ3) is 3.04.